The van der Waals surface area contributed by atoms with E-state index in [9.17, 15) is 19.2 Å². The first kappa shape index (κ1) is 21.0. The Labute approximate surface area is 174 Å². The molecule has 3 rings (SSSR count). The van der Waals surface area contributed by atoms with E-state index in [-0.39, 0.29) is 12.8 Å². The molecule has 1 aliphatic heterocycles. The Balaban J connectivity index is 1.70. The Morgan fingerprint density at radius 2 is 1.83 bits per heavy atom. The molecule has 4 amide bonds. The van der Waals surface area contributed by atoms with Gasteiger partial charge in [-0.3, -0.25) is 19.7 Å². The highest BCUT2D eigenvalue weighted by molar-refractivity contribution is 6.04. The van der Waals surface area contributed by atoms with Crippen molar-refractivity contribution >= 4 is 29.5 Å². The molecule has 2 aromatic carbocycles. The van der Waals surface area contributed by atoms with Crippen molar-refractivity contribution in [2.45, 2.75) is 38.8 Å². The predicted molar refractivity (Wildman–Crippen MR) is 110 cm³/mol. The van der Waals surface area contributed by atoms with Gasteiger partial charge in [-0.1, -0.05) is 42.5 Å². The maximum absolute atomic E-state index is 13.0. The number of imide groups is 1. The minimum Gasteiger partial charge on any atom is -0.447 e. The van der Waals surface area contributed by atoms with Gasteiger partial charge in [-0.2, -0.15) is 0 Å². The van der Waals surface area contributed by atoms with Crippen LogP contribution in [0.1, 0.15) is 35.6 Å². The normalized spacial score (nSPS) is 16.4. The third kappa shape index (κ3) is 5.22. The number of anilines is 1. The maximum Gasteiger partial charge on any atom is 0.322 e. The van der Waals surface area contributed by atoms with Crippen LogP contribution in [0.5, 0.6) is 0 Å². The molecular formula is C22H23N3O5. The van der Waals surface area contributed by atoms with Crippen molar-refractivity contribution in [3.63, 3.8) is 0 Å². The van der Waals surface area contributed by atoms with E-state index in [2.05, 4.69) is 16.0 Å². The zero-order chi connectivity index (χ0) is 21.7. The second-order valence-corrected chi connectivity index (χ2v) is 7.14. The van der Waals surface area contributed by atoms with E-state index in [1.54, 1.807) is 30.3 Å². The van der Waals surface area contributed by atoms with Gasteiger partial charge in [-0.05, 0) is 37.5 Å². The Bertz CT molecular complexity index is 974. The number of esters is 1. The number of hydrogen-bond acceptors (Lipinski definition) is 5. The van der Waals surface area contributed by atoms with E-state index < -0.39 is 36.0 Å². The maximum atomic E-state index is 13.0. The average molecular weight is 409 g/mol. The van der Waals surface area contributed by atoms with Crippen molar-refractivity contribution in [2.24, 2.45) is 0 Å². The van der Waals surface area contributed by atoms with Crippen molar-refractivity contribution in [2.75, 3.05) is 5.32 Å². The fourth-order valence-corrected chi connectivity index (χ4v) is 3.08. The van der Waals surface area contributed by atoms with Gasteiger partial charge in [0.25, 0.3) is 11.8 Å². The van der Waals surface area contributed by atoms with E-state index in [1.165, 1.54) is 0 Å². The lowest BCUT2D eigenvalue weighted by atomic mass is 10.1. The third-order valence-electron chi connectivity index (χ3n) is 4.74. The number of rotatable bonds is 7. The van der Waals surface area contributed by atoms with Crippen LogP contribution in [0, 0.1) is 13.8 Å². The van der Waals surface area contributed by atoms with E-state index >= 15 is 0 Å². The molecular weight excluding hydrogens is 386 g/mol. The topological polar surface area (TPSA) is 114 Å². The second kappa shape index (κ2) is 9.21. The molecule has 1 saturated heterocycles. The van der Waals surface area contributed by atoms with Gasteiger partial charge >= 0.3 is 12.0 Å². The summed E-state index contributed by atoms with van der Waals surface area (Å²) in [5.74, 6) is -1.61. The number of carbonyl (C=O) groups is 4. The molecule has 1 fully saturated rings. The number of carbonyl (C=O) groups excluding carboxylic acids is 4. The molecule has 0 saturated carbocycles. The Morgan fingerprint density at radius 3 is 2.50 bits per heavy atom. The van der Waals surface area contributed by atoms with Gasteiger partial charge in [-0.15, -0.1) is 0 Å². The number of hydrogen-bond donors (Lipinski definition) is 3. The lowest BCUT2D eigenvalue weighted by Crippen LogP contribution is -2.30. The fraction of sp³-hybridized carbons (Fsp3) is 0.273. The van der Waals surface area contributed by atoms with Gasteiger partial charge < -0.3 is 15.4 Å². The van der Waals surface area contributed by atoms with Crippen LogP contribution >= 0.6 is 0 Å². The SMILES string of the molecule is Cc1ccc(C)c(NC(=O)[C@H](OC(=O)CC[C@H]2NC(=O)NC2=O)c2ccccc2)c1. The Hall–Kier alpha value is -3.68. The number of amides is 4. The summed E-state index contributed by atoms with van der Waals surface area (Å²) in [5.41, 5.74) is 3.04. The lowest BCUT2D eigenvalue weighted by molar-refractivity contribution is -0.155. The van der Waals surface area contributed by atoms with Crippen LogP contribution in [0.15, 0.2) is 48.5 Å². The standard InChI is InChI=1S/C22H23N3O5/c1-13-8-9-14(2)17(12-13)23-21(28)19(15-6-4-3-5-7-15)30-18(26)11-10-16-20(27)25-22(29)24-16/h3-9,12,16,19H,10-11H2,1-2H3,(H,23,28)(H2,24,25,27,29)/t16-,19-/m1/s1. The van der Waals surface area contributed by atoms with E-state index in [0.717, 1.165) is 11.1 Å². The van der Waals surface area contributed by atoms with Crippen LogP contribution in [0.2, 0.25) is 0 Å². The molecule has 0 unspecified atom stereocenters. The minimum atomic E-state index is -1.15. The van der Waals surface area contributed by atoms with Crippen molar-refractivity contribution in [3.05, 3.63) is 65.2 Å². The Kier molecular flexibility index (Phi) is 6.46. The molecule has 0 spiro atoms. The third-order valence-corrected chi connectivity index (χ3v) is 4.74. The molecule has 0 aromatic heterocycles. The molecule has 156 valence electrons. The summed E-state index contributed by atoms with van der Waals surface area (Å²) in [6.07, 6.45) is -1.19. The quantitative estimate of drug-likeness (QED) is 0.480. The smallest absolute Gasteiger partial charge is 0.322 e. The summed E-state index contributed by atoms with van der Waals surface area (Å²) < 4.78 is 5.47. The first-order valence-corrected chi connectivity index (χ1v) is 9.57. The van der Waals surface area contributed by atoms with E-state index in [0.29, 0.717) is 11.3 Å². The lowest BCUT2D eigenvalue weighted by Gasteiger charge is -2.19. The number of urea groups is 1. The first-order chi connectivity index (χ1) is 14.3. The highest BCUT2D eigenvalue weighted by Gasteiger charge is 2.31. The number of benzene rings is 2. The summed E-state index contributed by atoms with van der Waals surface area (Å²) in [6, 6.07) is 13.0. The van der Waals surface area contributed by atoms with Gasteiger partial charge in [0.2, 0.25) is 6.10 Å². The average Bonchev–Trinajstić information content (AvgIpc) is 3.05. The van der Waals surface area contributed by atoms with Gasteiger partial charge in [0, 0.05) is 17.7 Å². The van der Waals surface area contributed by atoms with Gasteiger partial charge in [0.15, 0.2) is 0 Å². The molecule has 3 N–H and O–H groups in total. The number of ether oxygens (including phenoxy) is 1. The van der Waals surface area contributed by atoms with Gasteiger partial charge in [-0.25, -0.2) is 4.79 Å². The highest BCUT2D eigenvalue weighted by atomic mass is 16.5. The largest absolute Gasteiger partial charge is 0.447 e. The zero-order valence-electron chi connectivity index (χ0n) is 16.7. The van der Waals surface area contributed by atoms with Crippen molar-refractivity contribution in [3.8, 4) is 0 Å². The number of aryl methyl sites for hydroxylation is 2. The molecule has 1 heterocycles. The minimum absolute atomic E-state index is 0.0799. The summed E-state index contributed by atoms with van der Waals surface area (Å²) in [5, 5.41) is 7.36. The number of nitrogens with one attached hydrogen (secondary N) is 3. The molecule has 1 aliphatic rings. The van der Waals surface area contributed by atoms with Crippen LogP contribution in [0.4, 0.5) is 10.5 Å². The van der Waals surface area contributed by atoms with Crippen LogP contribution in [0.25, 0.3) is 0 Å². The molecule has 8 heteroatoms. The summed E-state index contributed by atoms with van der Waals surface area (Å²) in [6.45, 7) is 3.79. The van der Waals surface area contributed by atoms with E-state index in [4.69, 9.17) is 4.74 Å². The Morgan fingerprint density at radius 1 is 1.10 bits per heavy atom. The van der Waals surface area contributed by atoms with Gasteiger partial charge in [0.1, 0.15) is 6.04 Å². The van der Waals surface area contributed by atoms with Crippen molar-refractivity contribution in [1.82, 2.24) is 10.6 Å². The van der Waals surface area contributed by atoms with Crippen LogP contribution in [-0.4, -0.2) is 29.9 Å². The van der Waals surface area contributed by atoms with Gasteiger partial charge in [0.05, 0.1) is 0 Å². The monoisotopic (exact) mass is 409 g/mol. The fourth-order valence-electron chi connectivity index (χ4n) is 3.08. The summed E-state index contributed by atoms with van der Waals surface area (Å²) in [4.78, 5) is 48.1. The molecule has 8 nitrogen and oxygen atoms in total. The molecule has 0 bridgehead atoms. The molecule has 0 radical (unpaired) electrons. The zero-order valence-corrected chi connectivity index (χ0v) is 16.7. The van der Waals surface area contributed by atoms with Crippen molar-refractivity contribution in [1.29, 1.82) is 0 Å². The van der Waals surface area contributed by atoms with E-state index in [1.807, 2.05) is 32.0 Å². The molecule has 2 atom stereocenters. The summed E-state index contributed by atoms with van der Waals surface area (Å²) >= 11 is 0. The first-order valence-electron chi connectivity index (χ1n) is 9.57. The van der Waals surface area contributed by atoms with Crippen molar-refractivity contribution < 1.29 is 23.9 Å². The highest BCUT2D eigenvalue weighted by Crippen LogP contribution is 2.23. The molecule has 0 aliphatic carbocycles. The second-order valence-electron chi connectivity index (χ2n) is 7.14. The molecule has 2 aromatic rings. The summed E-state index contributed by atoms with van der Waals surface area (Å²) in [7, 11) is 0. The van der Waals surface area contributed by atoms with Crippen LogP contribution in [0.3, 0.4) is 0 Å². The predicted octanol–water partition coefficient (Wildman–Crippen LogP) is 2.51. The van der Waals surface area contributed by atoms with Crippen LogP contribution in [-0.2, 0) is 19.1 Å². The van der Waals surface area contributed by atoms with Crippen LogP contribution < -0.4 is 16.0 Å². The molecule has 30 heavy (non-hydrogen) atoms.